The van der Waals surface area contributed by atoms with Gasteiger partial charge in [0.2, 0.25) is 5.91 Å². The average Bonchev–Trinajstić information content (AvgIpc) is 3.16. The van der Waals surface area contributed by atoms with Gasteiger partial charge in [-0.2, -0.15) is 0 Å². The topological polar surface area (TPSA) is 302 Å². The van der Waals surface area contributed by atoms with Gasteiger partial charge in [-0.05, 0) is 12.1 Å². The summed E-state index contributed by atoms with van der Waals surface area (Å²) in [6.45, 7) is -1.01. The van der Waals surface area contributed by atoms with Gasteiger partial charge in [0, 0.05) is 25.0 Å². The predicted molar refractivity (Wildman–Crippen MR) is 129 cm³/mol. The second-order valence-corrected chi connectivity index (χ2v) is 10.9. The normalized spacial score (nSPS) is 34.9. The summed E-state index contributed by atoms with van der Waals surface area (Å²) in [7, 11) is -5.50. The molecular weight excluding hydrogens is 581 g/mol. The van der Waals surface area contributed by atoms with Gasteiger partial charge in [-0.3, -0.25) is 9.32 Å². The highest BCUT2D eigenvalue weighted by Crippen LogP contribution is 2.51. The number of aromatic hydroxyl groups is 2. The molecule has 1 amide bonds. The molecule has 232 valence electrons. The molecule has 2 heterocycles. The summed E-state index contributed by atoms with van der Waals surface area (Å²) in [5.74, 6) is -6.83. The highest BCUT2D eigenvalue weighted by Gasteiger charge is 2.59. The molecule has 3 rings (SSSR count). The lowest BCUT2D eigenvalue weighted by Gasteiger charge is -2.46. The second kappa shape index (κ2) is 12.8. The molecule has 2 aliphatic heterocycles. The zero-order valence-corrected chi connectivity index (χ0v) is 22.2. The molecule has 41 heavy (non-hydrogen) atoms. The average molecular weight is 613 g/mol. The maximum Gasteiger partial charge on any atom is 0.475 e. The van der Waals surface area contributed by atoms with E-state index in [0.717, 1.165) is 13.0 Å². The number of hydrogen-bond acceptors (Lipinski definition) is 15. The first kappa shape index (κ1) is 33.1. The maximum absolute atomic E-state index is 12.8. The van der Waals surface area contributed by atoms with Gasteiger partial charge in [0.1, 0.15) is 54.2 Å². The van der Waals surface area contributed by atoms with E-state index in [0.29, 0.717) is 0 Å². The third-order valence-electron chi connectivity index (χ3n) is 6.53. The number of carbonyl (C=O) groups is 2. The Labute approximate surface area is 231 Å². The zero-order valence-electron chi connectivity index (χ0n) is 21.3. The van der Waals surface area contributed by atoms with Crippen molar-refractivity contribution in [3.05, 3.63) is 23.8 Å². The third-order valence-corrected chi connectivity index (χ3v) is 7.54. The number of nitrogens with one attached hydrogen (secondary N) is 1. The summed E-state index contributed by atoms with van der Waals surface area (Å²) >= 11 is 0. The fraction of sp³-hybridized carbons (Fsp3) is 0.636. The molecule has 19 heteroatoms. The molecule has 0 aromatic heterocycles. The van der Waals surface area contributed by atoms with Crippen molar-refractivity contribution in [3.8, 4) is 11.5 Å². The van der Waals surface area contributed by atoms with Crippen LogP contribution in [0, 0.1) is 0 Å². The van der Waals surface area contributed by atoms with Crippen molar-refractivity contribution in [2.24, 2.45) is 0 Å². The minimum Gasteiger partial charge on any atom is -0.508 e. The number of phosphoric acid groups is 1. The molecule has 18 nitrogen and oxygen atoms in total. The molecule has 0 bridgehead atoms. The van der Waals surface area contributed by atoms with Crippen molar-refractivity contribution in [2.75, 3.05) is 13.2 Å². The zero-order chi connectivity index (χ0) is 30.9. The molecule has 11 atom stereocenters. The Hall–Kier alpha value is -2.45. The van der Waals surface area contributed by atoms with Gasteiger partial charge in [-0.15, -0.1) is 0 Å². The summed E-state index contributed by atoms with van der Waals surface area (Å²) in [5.41, 5.74) is -0.0434. The number of carbonyl (C=O) groups excluding carboxylic acids is 1. The highest BCUT2D eigenvalue weighted by atomic mass is 31.2. The van der Waals surface area contributed by atoms with Gasteiger partial charge in [-0.1, -0.05) is 0 Å². The number of ether oxygens (including phenoxy) is 2. The molecule has 0 spiro atoms. The van der Waals surface area contributed by atoms with Crippen LogP contribution in [0.4, 0.5) is 0 Å². The Morgan fingerprint density at radius 3 is 2.41 bits per heavy atom. The van der Waals surface area contributed by atoms with Crippen LogP contribution in [0.25, 0.3) is 0 Å². The van der Waals surface area contributed by atoms with Crippen LogP contribution >= 0.6 is 7.82 Å². The monoisotopic (exact) mass is 613 g/mol. The van der Waals surface area contributed by atoms with Gasteiger partial charge in [0.15, 0.2) is 0 Å². The van der Waals surface area contributed by atoms with Crippen LogP contribution in [-0.2, 0) is 32.7 Å². The molecule has 1 aromatic carbocycles. The molecule has 1 unspecified atom stereocenters. The number of carboxylic acid groups (broad SMARTS) is 1. The minimum absolute atomic E-state index is 0.0434. The van der Waals surface area contributed by atoms with Crippen molar-refractivity contribution < 1.29 is 83.5 Å². The Balaban J connectivity index is 1.78. The Kier molecular flexibility index (Phi) is 10.3. The first-order chi connectivity index (χ1) is 19.0. The number of aliphatic hydroxyl groups is 6. The van der Waals surface area contributed by atoms with Gasteiger partial charge >= 0.3 is 13.8 Å². The van der Waals surface area contributed by atoms with Crippen molar-refractivity contribution in [2.45, 2.75) is 74.0 Å². The minimum atomic E-state index is -5.50. The number of carboxylic acids is 1. The van der Waals surface area contributed by atoms with E-state index >= 15 is 0 Å². The maximum atomic E-state index is 12.8. The summed E-state index contributed by atoms with van der Waals surface area (Å²) in [6.07, 6.45) is -15.4. The van der Waals surface area contributed by atoms with Crippen LogP contribution in [0.5, 0.6) is 11.5 Å². The molecule has 11 N–H and O–H groups in total. The first-order valence-electron chi connectivity index (χ1n) is 12.1. The van der Waals surface area contributed by atoms with E-state index in [1.807, 2.05) is 0 Å². The van der Waals surface area contributed by atoms with Gasteiger partial charge in [-0.25, -0.2) is 13.9 Å². The second-order valence-electron chi connectivity index (χ2n) is 9.55. The number of amides is 1. The number of aliphatic hydroxyl groups excluding tert-OH is 6. The SMILES string of the molecule is CC(=O)N[C@H]1[C@H]([C@H](O)[C@H](O)CO)O[C@](OP(=O)(O)OC[C@H]2O[C@@H](c3ccc(O)cc3O)[C@H](O)[C@@H]2O)(C(=O)O)C[C@@H]1O. The van der Waals surface area contributed by atoms with Gasteiger partial charge in [0.25, 0.3) is 5.79 Å². The number of aliphatic carboxylic acids is 1. The van der Waals surface area contributed by atoms with Crippen molar-refractivity contribution in [1.29, 1.82) is 0 Å². The highest BCUT2D eigenvalue weighted by molar-refractivity contribution is 7.47. The predicted octanol–water partition coefficient (Wildman–Crippen LogP) is -3.46. The van der Waals surface area contributed by atoms with Crippen LogP contribution in [0.1, 0.15) is 25.0 Å². The van der Waals surface area contributed by atoms with Crippen molar-refractivity contribution >= 4 is 19.7 Å². The van der Waals surface area contributed by atoms with E-state index in [-0.39, 0.29) is 11.3 Å². The Bertz CT molecular complexity index is 1150. The third kappa shape index (κ3) is 7.31. The van der Waals surface area contributed by atoms with Crippen LogP contribution in [0.2, 0.25) is 0 Å². The number of phosphoric ester groups is 1. The molecular formula is C22H32NO17P. The lowest BCUT2D eigenvalue weighted by molar-refractivity contribution is -0.289. The molecule has 2 saturated heterocycles. The van der Waals surface area contributed by atoms with E-state index in [4.69, 9.17) is 18.5 Å². The lowest BCUT2D eigenvalue weighted by Crippen LogP contribution is -2.67. The van der Waals surface area contributed by atoms with Crippen LogP contribution in [0.3, 0.4) is 0 Å². The molecule has 0 aliphatic carbocycles. The number of rotatable bonds is 11. The quantitative estimate of drug-likeness (QED) is 0.108. The Morgan fingerprint density at radius 2 is 1.85 bits per heavy atom. The first-order valence-corrected chi connectivity index (χ1v) is 13.6. The molecule has 0 radical (unpaired) electrons. The number of hydrogen-bond donors (Lipinski definition) is 11. The van der Waals surface area contributed by atoms with E-state index in [1.165, 1.54) is 12.1 Å². The van der Waals surface area contributed by atoms with Gasteiger partial charge < -0.3 is 65.6 Å². The number of phenols is 2. The van der Waals surface area contributed by atoms with Crippen LogP contribution < -0.4 is 5.32 Å². The summed E-state index contributed by atoms with van der Waals surface area (Å²) in [4.78, 5) is 34.1. The number of phenolic OH excluding ortho intramolecular Hbond substituents is 2. The smallest absolute Gasteiger partial charge is 0.475 e. The molecule has 1 aromatic rings. The van der Waals surface area contributed by atoms with E-state index in [1.54, 1.807) is 0 Å². The summed E-state index contributed by atoms with van der Waals surface area (Å²) in [5, 5.41) is 92.3. The summed E-state index contributed by atoms with van der Waals surface area (Å²) < 4.78 is 33.1. The van der Waals surface area contributed by atoms with Crippen LogP contribution in [-0.4, -0.2) is 130 Å². The van der Waals surface area contributed by atoms with E-state index < -0.39 is 106 Å². The van der Waals surface area contributed by atoms with Gasteiger partial charge in [0.05, 0.1) is 25.4 Å². The molecule has 0 saturated carbocycles. The van der Waals surface area contributed by atoms with Crippen molar-refractivity contribution in [1.82, 2.24) is 5.32 Å². The number of benzene rings is 1. The Morgan fingerprint density at radius 1 is 1.20 bits per heavy atom. The fourth-order valence-electron chi connectivity index (χ4n) is 4.52. The fourth-order valence-corrected chi connectivity index (χ4v) is 5.47. The largest absolute Gasteiger partial charge is 0.508 e. The summed E-state index contributed by atoms with van der Waals surface area (Å²) in [6, 6.07) is 1.75. The van der Waals surface area contributed by atoms with E-state index in [9.17, 15) is 65.0 Å². The van der Waals surface area contributed by atoms with Crippen LogP contribution in [0.15, 0.2) is 18.2 Å². The van der Waals surface area contributed by atoms with E-state index in [2.05, 4.69) is 5.32 Å². The molecule has 2 aliphatic rings. The van der Waals surface area contributed by atoms with Crippen molar-refractivity contribution in [3.63, 3.8) is 0 Å². The standard InChI is InChI=1S/C22H32NO17P/c1-8(25)23-15-12(28)5-22(21(33)34,39-20(15)16(30)13(29)6-24)40-41(35,36)37-7-14-17(31)18(32)19(38-14)10-3-2-9(26)4-11(10)27/h2-4,12-20,24,26-32H,5-7H2,1H3,(H,23,25)(H,33,34)(H,35,36)/t12-,13+,14+,15+,16+,17+,18+,19-,20+,22+/m0/s1. The lowest BCUT2D eigenvalue weighted by atomic mass is 9.88. The molecule has 2 fully saturated rings.